The standard InChI is InChI=1S/C26H25FN4O6S2/c1-38(34,35)29-14-6-7-19-20(8-14)39(36,37)30-25(28-19)22-24(32)21-17-10-18(16-9-15(16)17)23(21)31(26(22)33)11-12-2-4-13(27)5-3-12/h2-8,15-18,21,23,29,32H,9-11H2,1H3,(H,28,30). The first-order valence-electron chi connectivity index (χ1n) is 12.6. The van der Waals surface area contributed by atoms with Crippen LogP contribution in [0.5, 0.6) is 0 Å². The number of aliphatic hydroxyl groups is 1. The number of aliphatic imine (C=N–C) groups is 1. The van der Waals surface area contributed by atoms with Crippen molar-refractivity contribution in [2.75, 3.05) is 11.0 Å². The monoisotopic (exact) mass is 572 g/mol. The largest absolute Gasteiger partial charge is 0.511 e. The van der Waals surface area contributed by atoms with E-state index >= 15 is 0 Å². The van der Waals surface area contributed by atoms with Crippen molar-refractivity contribution in [3.8, 4) is 0 Å². The highest BCUT2D eigenvalue weighted by molar-refractivity contribution is 7.92. The number of nitrogens with zero attached hydrogens (tertiary/aromatic N) is 2. The molecule has 2 aromatic rings. The molecule has 2 heterocycles. The lowest BCUT2D eigenvalue weighted by atomic mass is 9.77. The highest BCUT2D eigenvalue weighted by atomic mass is 32.2. The van der Waals surface area contributed by atoms with E-state index in [4.69, 9.17) is 0 Å². The summed E-state index contributed by atoms with van der Waals surface area (Å²) in [7, 11) is -7.90. The molecule has 3 aliphatic carbocycles. The fraction of sp³-hybridized carbons (Fsp3) is 0.385. The Balaban J connectivity index is 1.32. The smallest absolute Gasteiger partial charge is 0.265 e. The Morgan fingerprint density at radius 2 is 1.79 bits per heavy atom. The number of fused-ring (bicyclic) bond motifs is 9. The molecule has 10 nitrogen and oxygen atoms in total. The van der Waals surface area contributed by atoms with Gasteiger partial charge in [-0.2, -0.15) is 0 Å². The molecule has 0 aromatic heterocycles. The van der Waals surface area contributed by atoms with Gasteiger partial charge in [0.2, 0.25) is 10.0 Å². The van der Waals surface area contributed by atoms with Crippen LogP contribution in [0.1, 0.15) is 18.4 Å². The van der Waals surface area contributed by atoms with Crippen molar-refractivity contribution in [3.63, 3.8) is 0 Å². The predicted octanol–water partition coefficient (Wildman–Crippen LogP) is 2.64. The van der Waals surface area contributed by atoms with Crippen LogP contribution in [0.3, 0.4) is 0 Å². The first-order chi connectivity index (χ1) is 18.4. The number of anilines is 1. The third-order valence-electron chi connectivity index (χ3n) is 8.73. The van der Waals surface area contributed by atoms with Crippen molar-refractivity contribution in [1.29, 1.82) is 0 Å². The van der Waals surface area contributed by atoms with Crippen LogP contribution in [0.2, 0.25) is 0 Å². The molecule has 7 rings (SSSR count). The first kappa shape index (κ1) is 24.6. The van der Waals surface area contributed by atoms with Gasteiger partial charge in [0, 0.05) is 24.2 Å². The van der Waals surface area contributed by atoms with Crippen molar-refractivity contribution in [1.82, 2.24) is 9.62 Å². The lowest BCUT2D eigenvalue weighted by Gasteiger charge is -2.44. The number of carbonyl (C=O) groups excluding carboxylic acids is 1. The summed E-state index contributed by atoms with van der Waals surface area (Å²) < 4.78 is 67.8. The number of aliphatic hydroxyl groups excluding tert-OH is 1. The molecule has 5 aliphatic rings. The SMILES string of the molecule is CS(=O)(=O)Nc1ccc2c(c1)S(=O)(=O)NC(C1=C(O)C3C4CC(C5CC54)C3N(Cc3ccc(F)cc3)C1=O)=N2. The number of halogens is 1. The summed E-state index contributed by atoms with van der Waals surface area (Å²) in [4.78, 5) is 19.9. The van der Waals surface area contributed by atoms with Crippen molar-refractivity contribution < 1.29 is 31.1 Å². The summed E-state index contributed by atoms with van der Waals surface area (Å²) >= 11 is 0. The number of nitrogens with one attached hydrogen (secondary N) is 2. The van der Waals surface area contributed by atoms with Gasteiger partial charge in [-0.15, -0.1) is 0 Å². The molecule has 204 valence electrons. The van der Waals surface area contributed by atoms with Gasteiger partial charge >= 0.3 is 0 Å². The van der Waals surface area contributed by atoms with E-state index in [1.165, 1.54) is 24.3 Å². The minimum absolute atomic E-state index is 0.0123. The molecule has 3 N–H and O–H groups in total. The molecule has 2 bridgehead atoms. The molecule has 13 heteroatoms. The Morgan fingerprint density at radius 3 is 2.51 bits per heavy atom. The molecule has 6 unspecified atom stereocenters. The molecule has 6 atom stereocenters. The van der Waals surface area contributed by atoms with Crippen LogP contribution in [0.4, 0.5) is 15.8 Å². The minimum atomic E-state index is -4.25. The maximum Gasteiger partial charge on any atom is 0.265 e. The summed E-state index contributed by atoms with van der Waals surface area (Å²) in [6, 6.07) is 9.53. The number of benzene rings is 2. The van der Waals surface area contributed by atoms with Gasteiger partial charge in [-0.1, -0.05) is 12.1 Å². The van der Waals surface area contributed by atoms with E-state index in [1.54, 1.807) is 17.0 Å². The number of amides is 1. The summed E-state index contributed by atoms with van der Waals surface area (Å²) in [6.45, 7) is 0.189. The van der Waals surface area contributed by atoms with Crippen molar-refractivity contribution >= 4 is 43.2 Å². The van der Waals surface area contributed by atoms with Crippen LogP contribution in [-0.2, 0) is 31.4 Å². The Morgan fingerprint density at radius 1 is 1.10 bits per heavy atom. The molecule has 2 aliphatic heterocycles. The molecular formula is C26H25FN4O6S2. The number of rotatable bonds is 5. The van der Waals surface area contributed by atoms with E-state index in [2.05, 4.69) is 14.4 Å². The zero-order chi connectivity index (χ0) is 27.4. The third kappa shape index (κ3) is 3.85. The Hall–Kier alpha value is -3.45. The van der Waals surface area contributed by atoms with Gasteiger partial charge in [0.25, 0.3) is 15.9 Å². The topological polar surface area (TPSA) is 145 Å². The second-order valence-corrected chi connectivity index (χ2v) is 14.5. The normalized spacial score (nSPS) is 31.7. The maximum atomic E-state index is 14.0. The van der Waals surface area contributed by atoms with E-state index < -0.39 is 26.0 Å². The molecule has 39 heavy (non-hydrogen) atoms. The Bertz CT molecular complexity index is 1720. The van der Waals surface area contributed by atoms with Gasteiger partial charge in [-0.05, 0) is 72.4 Å². The second-order valence-electron chi connectivity index (χ2n) is 11.1. The molecule has 0 spiro atoms. The Labute approximate surface area is 224 Å². The molecule has 1 amide bonds. The van der Waals surface area contributed by atoms with Gasteiger partial charge in [0.05, 0.1) is 11.9 Å². The van der Waals surface area contributed by atoms with E-state index in [-0.39, 0.29) is 69.6 Å². The van der Waals surface area contributed by atoms with Gasteiger partial charge < -0.3 is 10.0 Å². The molecule has 0 saturated heterocycles. The van der Waals surface area contributed by atoms with Crippen molar-refractivity contribution in [2.45, 2.75) is 30.3 Å². The molecule has 3 saturated carbocycles. The summed E-state index contributed by atoms with van der Waals surface area (Å²) in [5, 5.41) is 11.5. The minimum Gasteiger partial charge on any atom is -0.511 e. The van der Waals surface area contributed by atoms with Gasteiger partial charge in [0.15, 0.2) is 5.84 Å². The van der Waals surface area contributed by atoms with E-state index in [1.807, 2.05) is 0 Å². The van der Waals surface area contributed by atoms with Crippen LogP contribution >= 0.6 is 0 Å². The molecule has 2 aromatic carbocycles. The number of hydrogen-bond acceptors (Lipinski definition) is 7. The highest BCUT2D eigenvalue weighted by Crippen LogP contribution is 2.70. The first-order valence-corrected chi connectivity index (χ1v) is 16.0. The van der Waals surface area contributed by atoms with Crippen LogP contribution < -0.4 is 9.44 Å². The molecule has 0 radical (unpaired) electrons. The van der Waals surface area contributed by atoms with Gasteiger partial charge in [-0.3, -0.25) is 14.2 Å². The number of amidine groups is 1. The average Bonchev–Trinajstić information content (AvgIpc) is 3.46. The summed E-state index contributed by atoms with van der Waals surface area (Å²) in [6.07, 6.45) is 2.91. The number of carbonyl (C=O) groups is 1. The fourth-order valence-corrected chi connectivity index (χ4v) is 9.01. The van der Waals surface area contributed by atoms with Crippen LogP contribution in [0.15, 0.2) is 63.7 Å². The number of hydrogen-bond donors (Lipinski definition) is 3. The van der Waals surface area contributed by atoms with Crippen LogP contribution in [0.25, 0.3) is 0 Å². The zero-order valence-corrected chi connectivity index (χ0v) is 22.3. The van der Waals surface area contributed by atoms with Crippen molar-refractivity contribution in [2.24, 2.45) is 34.6 Å². The quantitative estimate of drug-likeness (QED) is 0.502. The van der Waals surface area contributed by atoms with Crippen LogP contribution in [0, 0.1) is 35.4 Å². The predicted molar refractivity (Wildman–Crippen MR) is 139 cm³/mol. The van der Waals surface area contributed by atoms with E-state index in [9.17, 15) is 31.1 Å². The van der Waals surface area contributed by atoms with E-state index in [0.29, 0.717) is 11.8 Å². The number of sulfonamides is 2. The van der Waals surface area contributed by atoms with E-state index in [0.717, 1.165) is 30.7 Å². The lowest BCUT2D eigenvalue weighted by molar-refractivity contribution is -0.134. The van der Waals surface area contributed by atoms with Crippen molar-refractivity contribution in [3.05, 3.63) is 65.2 Å². The maximum absolute atomic E-state index is 14.0. The summed E-state index contributed by atoms with van der Waals surface area (Å²) in [5.41, 5.74) is 0.598. The van der Waals surface area contributed by atoms with Crippen LogP contribution in [-0.4, -0.2) is 50.9 Å². The third-order valence-corrected chi connectivity index (χ3v) is 10.7. The molecular weight excluding hydrogens is 547 g/mol. The van der Waals surface area contributed by atoms with Gasteiger partial charge in [-0.25, -0.2) is 26.2 Å². The average molecular weight is 573 g/mol. The lowest BCUT2D eigenvalue weighted by Crippen LogP contribution is -2.55. The molecule has 3 fully saturated rings. The second kappa shape index (κ2) is 8.04. The highest BCUT2D eigenvalue weighted by Gasteiger charge is 2.69. The zero-order valence-electron chi connectivity index (χ0n) is 20.7. The summed E-state index contributed by atoms with van der Waals surface area (Å²) in [5.74, 6) is -0.200. The fourth-order valence-electron chi connectivity index (χ4n) is 7.27. The Kier molecular flexibility index (Phi) is 5.07. The van der Waals surface area contributed by atoms with Gasteiger partial charge in [0.1, 0.15) is 22.0 Å².